The number of piperidine rings is 1. The van der Waals surface area contributed by atoms with Crippen molar-refractivity contribution in [1.82, 2.24) is 9.80 Å². The predicted molar refractivity (Wildman–Crippen MR) is 95.2 cm³/mol. The van der Waals surface area contributed by atoms with Gasteiger partial charge in [-0.3, -0.25) is 4.90 Å². The Bertz CT molecular complexity index is 634. The molecule has 0 atom stereocenters. The zero-order valence-electron chi connectivity index (χ0n) is 15.9. The van der Waals surface area contributed by atoms with Gasteiger partial charge >= 0.3 is 18.4 Å². The van der Waals surface area contributed by atoms with E-state index in [1.807, 2.05) is 6.08 Å². The van der Waals surface area contributed by atoms with Gasteiger partial charge in [0, 0.05) is 25.2 Å². The maximum absolute atomic E-state index is 12.6. The fraction of sp³-hybridized carbons (Fsp3) is 0.632. The predicted octanol–water partition coefficient (Wildman–Crippen LogP) is 4.85. The summed E-state index contributed by atoms with van der Waals surface area (Å²) < 4.78 is 79.5. The Kier molecular flexibility index (Phi) is 7.08. The highest BCUT2D eigenvalue weighted by Gasteiger charge is 2.60. The molecule has 1 amide bonds. The summed E-state index contributed by atoms with van der Waals surface area (Å²) in [6, 6.07) is 0. The molecule has 10 heteroatoms. The van der Waals surface area contributed by atoms with Gasteiger partial charge in [-0.1, -0.05) is 31.4 Å². The second-order valence-corrected chi connectivity index (χ2v) is 7.26. The van der Waals surface area contributed by atoms with Crippen LogP contribution in [0.2, 0.25) is 0 Å². The number of alkyl halides is 6. The molecule has 2 aliphatic heterocycles. The Morgan fingerprint density at radius 3 is 2.10 bits per heavy atom. The van der Waals surface area contributed by atoms with E-state index in [1.54, 1.807) is 12.2 Å². The third-order valence-corrected chi connectivity index (χ3v) is 5.47. The molecule has 1 spiro atoms. The molecule has 0 aromatic carbocycles. The molecule has 2 aliphatic rings. The lowest BCUT2D eigenvalue weighted by Gasteiger charge is -2.45. The number of hydrogen-bond acceptors (Lipinski definition) is 3. The summed E-state index contributed by atoms with van der Waals surface area (Å²) in [5, 5.41) is 0. The van der Waals surface area contributed by atoms with Crippen LogP contribution in [0, 0.1) is 0 Å². The molecule has 0 saturated carbocycles. The molecule has 2 heterocycles. The summed E-state index contributed by atoms with van der Waals surface area (Å²) in [6.07, 6.45) is -9.28. The van der Waals surface area contributed by atoms with Crippen LogP contribution < -0.4 is 0 Å². The number of likely N-dealkylation sites (tertiary alicyclic amines) is 2. The number of hydrogen-bond donors (Lipinski definition) is 0. The van der Waals surface area contributed by atoms with Gasteiger partial charge in [0.05, 0.1) is 0 Å². The number of halogens is 6. The maximum Gasteiger partial charge on any atom is 0.434 e. The van der Waals surface area contributed by atoms with Gasteiger partial charge in [-0.2, -0.15) is 26.3 Å². The van der Waals surface area contributed by atoms with Crippen molar-refractivity contribution < 1.29 is 35.9 Å². The molecule has 0 bridgehead atoms. The van der Waals surface area contributed by atoms with Crippen molar-refractivity contribution in [2.24, 2.45) is 0 Å². The fourth-order valence-corrected chi connectivity index (χ4v) is 3.96. The van der Waals surface area contributed by atoms with Crippen LogP contribution >= 0.6 is 0 Å². The standard InChI is InChI=1S/C19H24F6N2O2/c1-3-6-14(4-2)13-27-10-5-7-17(27)8-11-26(12-9-17)16(28)29-15(18(20,21)22)19(23,24)25/h3-4,6,15H,1-2,5,7-13H2/b14-6+. The van der Waals surface area contributed by atoms with Gasteiger partial charge in [0.25, 0.3) is 6.10 Å². The van der Waals surface area contributed by atoms with Gasteiger partial charge in [-0.05, 0) is 37.8 Å². The summed E-state index contributed by atoms with van der Waals surface area (Å²) in [4.78, 5) is 15.1. The van der Waals surface area contributed by atoms with Gasteiger partial charge in [-0.15, -0.1) is 0 Å². The minimum Gasteiger partial charge on any atom is -0.426 e. The Morgan fingerprint density at radius 2 is 1.62 bits per heavy atom. The number of carbonyl (C=O) groups excluding carboxylic acids is 1. The lowest BCUT2D eigenvalue weighted by molar-refractivity contribution is -0.308. The molecular formula is C19H24F6N2O2. The number of nitrogens with zero attached hydrogens (tertiary/aromatic N) is 2. The molecule has 4 nitrogen and oxygen atoms in total. The van der Waals surface area contributed by atoms with Crippen LogP contribution in [0.4, 0.5) is 31.1 Å². The summed E-state index contributed by atoms with van der Waals surface area (Å²) in [5.41, 5.74) is 0.717. The van der Waals surface area contributed by atoms with Gasteiger partial charge < -0.3 is 9.64 Å². The minimum atomic E-state index is -5.72. The molecule has 0 N–H and O–H groups in total. The fourth-order valence-electron chi connectivity index (χ4n) is 3.96. The Morgan fingerprint density at radius 1 is 1.03 bits per heavy atom. The van der Waals surface area contributed by atoms with Gasteiger partial charge in [0.2, 0.25) is 0 Å². The maximum atomic E-state index is 12.6. The third-order valence-electron chi connectivity index (χ3n) is 5.47. The summed E-state index contributed by atoms with van der Waals surface area (Å²) in [7, 11) is 0. The van der Waals surface area contributed by atoms with Crippen LogP contribution in [-0.2, 0) is 4.74 Å². The summed E-state index contributed by atoms with van der Waals surface area (Å²) in [6.45, 7) is 8.92. The minimum absolute atomic E-state index is 0.0341. The van der Waals surface area contributed by atoms with Crippen molar-refractivity contribution in [1.29, 1.82) is 0 Å². The van der Waals surface area contributed by atoms with Crippen LogP contribution in [-0.4, -0.2) is 66.1 Å². The van der Waals surface area contributed by atoms with Crippen LogP contribution in [0.25, 0.3) is 0 Å². The molecule has 0 aromatic heterocycles. The largest absolute Gasteiger partial charge is 0.434 e. The Hall–Kier alpha value is -1.97. The zero-order chi connectivity index (χ0) is 21.9. The molecule has 0 aromatic rings. The monoisotopic (exact) mass is 426 g/mol. The molecule has 2 saturated heterocycles. The highest BCUT2D eigenvalue weighted by Crippen LogP contribution is 2.40. The first kappa shape index (κ1) is 23.3. The Labute approximate surface area is 165 Å². The van der Waals surface area contributed by atoms with Crippen molar-refractivity contribution in [2.75, 3.05) is 26.2 Å². The summed E-state index contributed by atoms with van der Waals surface area (Å²) >= 11 is 0. The van der Waals surface area contributed by atoms with E-state index in [-0.39, 0.29) is 18.6 Å². The van der Waals surface area contributed by atoms with E-state index in [1.165, 1.54) is 0 Å². The number of rotatable bonds is 5. The zero-order valence-corrected chi connectivity index (χ0v) is 15.9. The van der Waals surface area contributed by atoms with Crippen LogP contribution in [0.1, 0.15) is 25.7 Å². The molecule has 0 radical (unpaired) electrons. The van der Waals surface area contributed by atoms with Crippen LogP contribution in [0.5, 0.6) is 0 Å². The quantitative estimate of drug-likeness (QED) is 0.466. The lowest BCUT2D eigenvalue weighted by Crippen LogP contribution is -2.55. The molecule has 2 fully saturated rings. The van der Waals surface area contributed by atoms with E-state index in [0.717, 1.165) is 29.9 Å². The van der Waals surface area contributed by atoms with E-state index in [4.69, 9.17) is 0 Å². The SMILES string of the molecule is C=C/C=C(\C=C)CN1CCCC12CCN(C(=O)OC(C(F)(F)F)C(F)(F)F)CC2. The lowest BCUT2D eigenvalue weighted by atomic mass is 9.85. The molecule has 2 rings (SSSR count). The van der Waals surface area contributed by atoms with Crippen LogP contribution in [0.3, 0.4) is 0 Å². The van der Waals surface area contributed by atoms with Crippen molar-refractivity contribution in [2.45, 2.75) is 49.7 Å². The van der Waals surface area contributed by atoms with E-state index < -0.39 is 24.5 Å². The molecular weight excluding hydrogens is 402 g/mol. The first-order valence-electron chi connectivity index (χ1n) is 9.21. The number of carbonyl (C=O) groups is 1. The molecule has 0 aliphatic carbocycles. The van der Waals surface area contributed by atoms with E-state index >= 15 is 0 Å². The average molecular weight is 426 g/mol. The van der Waals surface area contributed by atoms with Gasteiger partial charge in [0.15, 0.2) is 0 Å². The molecule has 0 unspecified atom stereocenters. The highest BCUT2D eigenvalue weighted by molar-refractivity contribution is 5.68. The van der Waals surface area contributed by atoms with Crippen molar-refractivity contribution in [3.8, 4) is 0 Å². The van der Waals surface area contributed by atoms with Crippen LogP contribution in [0.15, 0.2) is 37.0 Å². The second kappa shape index (κ2) is 8.81. The second-order valence-electron chi connectivity index (χ2n) is 7.26. The number of ether oxygens (including phenoxy) is 1. The summed E-state index contributed by atoms with van der Waals surface area (Å²) in [5.74, 6) is 0. The normalized spacial score (nSPS) is 20.9. The average Bonchev–Trinajstić information content (AvgIpc) is 2.99. The van der Waals surface area contributed by atoms with Crippen molar-refractivity contribution >= 4 is 6.09 Å². The third kappa shape index (κ3) is 5.55. The van der Waals surface area contributed by atoms with Gasteiger partial charge in [-0.25, -0.2) is 4.79 Å². The number of allylic oxidation sites excluding steroid dienone is 2. The first-order valence-corrected chi connectivity index (χ1v) is 9.21. The smallest absolute Gasteiger partial charge is 0.426 e. The van der Waals surface area contributed by atoms with Crippen molar-refractivity contribution in [3.63, 3.8) is 0 Å². The highest BCUT2D eigenvalue weighted by atomic mass is 19.4. The topological polar surface area (TPSA) is 32.8 Å². The van der Waals surface area contributed by atoms with E-state index in [2.05, 4.69) is 22.8 Å². The molecule has 29 heavy (non-hydrogen) atoms. The first-order chi connectivity index (χ1) is 13.4. The number of amides is 1. The van der Waals surface area contributed by atoms with E-state index in [9.17, 15) is 31.1 Å². The molecule has 164 valence electrons. The Balaban J connectivity index is 2.02. The van der Waals surface area contributed by atoms with Gasteiger partial charge in [0.1, 0.15) is 0 Å². The van der Waals surface area contributed by atoms with E-state index in [0.29, 0.717) is 19.4 Å². The van der Waals surface area contributed by atoms with Crippen molar-refractivity contribution in [3.05, 3.63) is 37.0 Å².